The highest BCUT2D eigenvalue weighted by atomic mass is 32.2. The topological polar surface area (TPSA) is 131 Å². The lowest BCUT2D eigenvalue weighted by molar-refractivity contribution is 0.111. The van der Waals surface area contributed by atoms with E-state index in [1.165, 1.54) is 6.33 Å². The third-order valence-corrected chi connectivity index (χ3v) is 5.21. The molecule has 1 saturated carbocycles. The lowest BCUT2D eigenvalue weighted by atomic mass is 9.74. The summed E-state index contributed by atoms with van der Waals surface area (Å²) in [6.45, 7) is 2.53. The molecule has 0 saturated heterocycles. The van der Waals surface area contributed by atoms with Crippen molar-refractivity contribution in [2.45, 2.75) is 44.2 Å². The molecule has 10 heteroatoms. The fourth-order valence-electron chi connectivity index (χ4n) is 4.02. The number of aliphatic hydroxyl groups is 1. The highest BCUT2D eigenvalue weighted by molar-refractivity contribution is 7.85. The maximum absolute atomic E-state index is 10.2. The molecule has 1 aromatic carbocycles. The SMILES string of the molecule is CCOc1cc2c(cc1OC)C(c1cncnc1)=N[C@@H]1CC[C@@H](O)C[C@H]21.CS(=O)(=O)O. The van der Waals surface area contributed by atoms with Gasteiger partial charge in [0, 0.05) is 29.4 Å². The number of ether oxygens (including phenoxy) is 2. The molecule has 9 nitrogen and oxygen atoms in total. The number of fused-ring (bicyclic) bond motifs is 3. The van der Waals surface area contributed by atoms with Gasteiger partial charge < -0.3 is 14.6 Å². The molecule has 0 bridgehead atoms. The summed E-state index contributed by atoms with van der Waals surface area (Å²) < 4.78 is 37.2. The molecule has 168 valence electrons. The van der Waals surface area contributed by atoms with Gasteiger partial charge in [-0.3, -0.25) is 9.55 Å². The van der Waals surface area contributed by atoms with Crippen molar-refractivity contribution in [1.82, 2.24) is 9.97 Å². The van der Waals surface area contributed by atoms with Crippen molar-refractivity contribution in [2.24, 2.45) is 4.99 Å². The first-order valence-corrected chi connectivity index (χ1v) is 11.8. The Morgan fingerprint density at radius 1 is 1.16 bits per heavy atom. The summed E-state index contributed by atoms with van der Waals surface area (Å²) in [5.74, 6) is 1.61. The maximum Gasteiger partial charge on any atom is 0.261 e. The molecule has 0 radical (unpaired) electrons. The van der Waals surface area contributed by atoms with Crippen LogP contribution in [0.1, 0.15) is 48.8 Å². The molecule has 1 aliphatic carbocycles. The number of aliphatic imine (C=N–C) groups is 1. The standard InChI is InChI=1S/C20H23N3O3.CH4O3S/c1-3-26-19-7-14-15-6-13(24)4-5-17(15)23-20(12-9-21-11-22-10-12)16(14)8-18(19)25-2;1-5(2,3)4/h7-11,13,15,17,24H,3-6H2,1-2H3;1H3,(H,2,3,4)/t13-,15-,17-;/m1./s1. The predicted octanol–water partition coefficient (Wildman–Crippen LogP) is 2.24. The van der Waals surface area contributed by atoms with E-state index in [2.05, 4.69) is 16.0 Å². The third-order valence-electron chi connectivity index (χ3n) is 5.21. The Balaban J connectivity index is 0.000000491. The summed E-state index contributed by atoms with van der Waals surface area (Å²) in [5, 5.41) is 10.2. The van der Waals surface area contributed by atoms with Gasteiger partial charge in [-0.15, -0.1) is 0 Å². The summed E-state index contributed by atoms with van der Waals surface area (Å²) in [5.41, 5.74) is 3.95. The van der Waals surface area contributed by atoms with Crippen LogP contribution in [-0.2, 0) is 10.1 Å². The highest BCUT2D eigenvalue weighted by Gasteiger charge is 2.37. The minimum atomic E-state index is -3.67. The molecule has 1 aliphatic heterocycles. The molecular formula is C21H27N3O6S. The van der Waals surface area contributed by atoms with Crippen LogP contribution in [0, 0.1) is 0 Å². The number of hydrogen-bond donors (Lipinski definition) is 2. The third kappa shape index (κ3) is 5.78. The van der Waals surface area contributed by atoms with Crippen molar-refractivity contribution in [3.8, 4) is 11.5 Å². The first-order valence-electron chi connectivity index (χ1n) is 10.00. The molecule has 2 aliphatic rings. The number of aliphatic hydroxyl groups excluding tert-OH is 1. The Hall–Kier alpha value is -2.56. The summed E-state index contributed by atoms with van der Waals surface area (Å²) in [6, 6.07) is 4.21. The molecule has 0 amide bonds. The van der Waals surface area contributed by atoms with Crippen LogP contribution in [0.5, 0.6) is 11.5 Å². The molecule has 31 heavy (non-hydrogen) atoms. The maximum atomic E-state index is 10.2. The Kier molecular flexibility index (Phi) is 7.24. The lowest BCUT2D eigenvalue weighted by Gasteiger charge is -2.37. The van der Waals surface area contributed by atoms with E-state index in [1.807, 2.05) is 13.0 Å². The quantitative estimate of drug-likeness (QED) is 0.680. The second-order valence-electron chi connectivity index (χ2n) is 7.50. The van der Waals surface area contributed by atoms with Crippen molar-refractivity contribution in [3.63, 3.8) is 0 Å². The summed E-state index contributed by atoms with van der Waals surface area (Å²) in [7, 11) is -2.03. The van der Waals surface area contributed by atoms with Crippen LogP contribution in [0.2, 0.25) is 0 Å². The van der Waals surface area contributed by atoms with Crippen molar-refractivity contribution in [3.05, 3.63) is 47.5 Å². The number of nitrogens with zero attached hydrogens (tertiary/aromatic N) is 3. The van der Waals surface area contributed by atoms with Crippen molar-refractivity contribution < 1.29 is 27.6 Å². The average Bonchev–Trinajstić information content (AvgIpc) is 2.72. The van der Waals surface area contributed by atoms with E-state index in [1.54, 1.807) is 19.5 Å². The molecule has 0 unspecified atom stereocenters. The Morgan fingerprint density at radius 3 is 2.45 bits per heavy atom. The number of methoxy groups -OCH3 is 1. The highest BCUT2D eigenvalue weighted by Crippen LogP contribution is 2.44. The zero-order valence-electron chi connectivity index (χ0n) is 17.7. The molecule has 2 heterocycles. The first kappa shape index (κ1) is 23.1. The molecule has 1 aromatic heterocycles. The zero-order valence-corrected chi connectivity index (χ0v) is 18.5. The van der Waals surface area contributed by atoms with Gasteiger partial charge in [0.2, 0.25) is 0 Å². The fraction of sp³-hybridized carbons (Fsp3) is 0.476. The molecular weight excluding hydrogens is 422 g/mol. The molecule has 0 spiro atoms. The number of benzene rings is 1. The largest absolute Gasteiger partial charge is 0.493 e. The van der Waals surface area contributed by atoms with Crippen LogP contribution in [0.3, 0.4) is 0 Å². The zero-order chi connectivity index (χ0) is 22.6. The van der Waals surface area contributed by atoms with E-state index in [-0.39, 0.29) is 18.1 Å². The molecule has 2 N–H and O–H groups in total. The Bertz CT molecular complexity index is 1030. The van der Waals surface area contributed by atoms with Crippen molar-refractivity contribution >= 4 is 15.8 Å². The summed E-state index contributed by atoms with van der Waals surface area (Å²) >= 11 is 0. The van der Waals surface area contributed by atoms with Crippen molar-refractivity contribution in [1.29, 1.82) is 0 Å². The predicted molar refractivity (Wildman–Crippen MR) is 116 cm³/mol. The van der Waals surface area contributed by atoms with E-state index >= 15 is 0 Å². The van der Waals surface area contributed by atoms with E-state index < -0.39 is 10.1 Å². The van der Waals surface area contributed by atoms with Gasteiger partial charge in [0.25, 0.3) is 10.1 Å². The molecule has 2 aromatic rings. The number of hydrogen-bond acceptors (Lipinski definition) is 8. The second kappa shape index (κ2) is 9.71. The Labute approximate surface area is 181 Å². The van der Waals surface area contributed by atoms with Gasteiger partial charge >= 0.3 is 0 Å². The van der Waals surface area contributed by atoms with Gasteiger partial charge in [-0.1, -0.05) is 0 Å². The number of aromatic nitrogens is 2. The smallest absolute Gasteiger partial charge is 0.261 e. The minimum Gasteiger partial charge on any atom is -0.493 e. The Morgan fingerprint density at radius 2 is 1.84 bits per heavy atom. The van der Waals surface area contributed by atoms with Crippen molar-refractivity contribution in [2.75, 3.05) is 20.0 Å². The summed E-state index contributed by atoms with van der Waals surface area (Å²) in [4.78, 5) is 13.3. The van der Waals surface area contributed by atoms with Crippen LogP contribution >= 0.6 is 0 Å². The van der Waals surface area contributed by atoms with Crippen LogP contribution in [0.4, 0.5) is 0 Å². The lowest BCUT2D eigenvalue weighted by Crippen LogP contribution is -2.34. The van der Waals surface area contributed by atoms with E-state index in [9.17, 15) is 13.5 Å². The van der Waals surface area contributed by atoms with Crippen LogP contribution in [0.25, 0.3) is 0 Å². The van der Waals surface area contributed by atoms with Gasteiger partial charge in [-0.25, -0.2) is 9.97 Å². The average molecular weight is 450 g/mol. The molecule has 4 rings (SSSR count). The second-order valence-corrected chi connectivity index (χ2v) is 8.97. The van der Waals surface area contributed by atoms with E-state index in [0.717, 1.165) is 47.4 Å². The fourth-order valence-corrected chi connectivity index (χ4v) is 4.02. The van der Waals surface area contributed by atoms with Gasteiger partial charge in [0.15, 0.2) is 11.5 Å². The van der Waals surface area contributed by atoms with Gasteiger partial charge in [0.1, 0.15) is 6.33 Å². The van der Waals surface area contributed by atoms with E-state index in [0.29, 0.717) is 18.6 Å². The van der Waals surface area contributed by atoms with Crippen LogP contribution < -0.4 is 9.47 Å². The monoisotopic (exact) mass is 449 g/mol. The molecule has 1 fully saturated rings. The van der Waals surface area contributed by atoms with Gasteiger partial charge in [-0.2, -0.15) is 8.42 Å². The normalized spacial score (nSPS) is 22.2. The van der Waals surface area contributed by atoms with Gasteiger partial charge in [0.05, 0.1) is 37.8 Å². The van der Waals surface area contributed by atoms with Crippen LogP contribution in [0.15, 0.2) is 35.8 Å². The van der Waals surface area contributed by atoms with Crippen LogP contribution in [-0.4, -0.2) is 65.9 Å². The molecule has 3 atom stereocenters. The van der Waals surface area contributed by atoms with E-state index in [4.69, 9.17) is 19.0 Å². The first-order chi connectivity index (χ1) is 14.7. The summed E-state index contributed by atoms with van der Waals surface area (Å²) in [6.07, 6.45) is 7.91. The number of rotatable bonds is 4. The van der Waals surface area contributed by atoms with Gasteiger partial charge in [-0.05, 0) is 43.9 Å². The minimum absolute atomic E-state index is 0.156.